The molecule has 4 aromatic rings. The zero-order valence-electron chi connectivity index (χ0n) is 17.2. The van der Waals surface area contributed by atoms with Gasteiger partial charge in [-0.2, -0.15) is 0 Å². The van der Waals surface area contributed by atoms with Crippen LogP contribution in [0.15, 0.2) is 82.0 Å². The molecule has 0 aliphatic rings. The van der Waals surface area contributed by atoms with Crippen molar-refractivity contribution >= 4 is 22.6 Å². The third-order valence-electron chi connectivity index (χ3n) is 4.82. The molecule has 0 aliphatic carbocycles. The minimum atomic E-state index is -0.455. The summed E-state index contributed by atoms with van der Waals surface area (Å²) in [6.07, 6.45) is 0. The van der Waals surface area contributed by atoms with Gasteiger partial charge in [-0.05, 0) is 48.9 Å². The van der Waals surface area contributed by atoms with Crippen molar-refractivity contribution in [2.45, 2.75) is 6.92 Å². The van der Waals surface area contributed by atoms with Crippen LogP contribution in [-0.2, 0) is 4.79 Å². The molecule has 1 N–H and O–H groups in total. The Bertz CT molecular complexity index is 1290. The Hall–Kier alpha value is -4.06. The molecule has 0 saturated heterocycles. The minimum Gasteiger partial charge on any atom is -0.495 e. The van der Waals surface area contributed by atoms with Crippen LogP contribution in [0.5, 0.6) is 11.5 Å². The van der Waals surface area contributed by atoms with Crippen LogP contribution in [0.4, 0.5) is 5.69 Å². The van der Waals surface area contributed by atoms with Crippen LogP contribution in [0.2, 0.25) is 0 Å². The zero-order chi connectivity index (χ0) is 21.8. The summed E-state index contributed by atoms with van der Waals surface area (Å²) in [7, 11) is 1.51. The van der Waals surface area contributed by atoms with E-state index in [9.17, 15) is 9.59 Å². The highest BCUT2D eigenvalue weighted by atomic mass is 16.5. The van der Waals surface area contributed by atoms with Crippen molar-refractivity contribution in [2.24, 2.45) is 0 Å². The number of methoxy groups -OCH3 is 1. The van der Waals surface area contributed by atoms with E-state index in [1.54, 1.807) is 30.3 Å². The summed E-state index contributed by atoms with van der Waals surface area (Å²) in [4.78, 5) is 24.9. The zero-order valence-corrected chi connectivity index (χ0v) is 17.2. The molecular formula is C25H21NO5. The van der Waals surface area contributed by atoms with E-state index >= 15 is 0 Å². The fraction of sp³-hybridized carbons (Fsp3) is 0.120. The van der Waals surface area contributed by atoms with Crippen molar-refractivity contribution in [1.82, 2.24) is 0 Å². The maximum atomic E-state index is 12.5. The minimum absolute atomic E-state index is 0.158. The topological polar surface area (TPSA) is 77.8 Å². The summed E-state index contributed by atoms with van der Waals surface area (Å²) in [5.74, 6) is 0.731. The van der Waals surface area contributed by atoms with Gasteiger partial charge in [0.15, 0.2) is 6.61 Å². The van der Waals surface area contributed by atoms with Crippen molar-refractivity contribution in [3.05, 3.63) is 88.8 Å². The highest BCUT2D eigenvalue weighted by molar-refractivity contribution is 5.94. The molecule has 0 spiro atoms. The third-order valence-corrected chi connectivity index (χ3v) is 4.82. The standard InChI is InChI=1S/C25H21NO5/c1-16-7-10-19(11-8-16)30-15-24(27)26-21-14-17(9-12-23(21)29-2)20-13-18-5-3-4-6-22(18)31-25(20)28/h3-14H,15H2,1-2H3,(H,26,27). The van der Waals surface area contributed by atoms with Gasteiger partial charge in [-0.1, -0.05) is 42.0 Å². The first-order valence-electron chi connectivity index (χ1n) is 9.74. The number of amides is 1. The molecule has 1 amide bonds. The Labute approximate surface area is 179 Å². The Morgan fingerprint density at radius 2 is 1.77 bits per heavy atom. The number of aryl methyl sites for hydroxylation is 1. The van der Waals surface area contributed by atoms with E-state index in [1.807, 2.05) is 49.4 Å². The van der Waals surface area contributed by atoms with Crippen molar-refractivity contribution in [3.63, 3.8) is 0 Å². The second kappa shape index (κ2) is 8.75. The molecular weight excluding hydrogens is 394 g/mol. The number of ether oxygens (including phenoxy) is 2. The number of hydrogen-bond acceptors (Lipinski definition) is 5. The lowest BCUT2D eigenvalue weighted by Gasteiger charge is -2.13. The largest absolute Gasteiger partial charge is 0.495 e. The lowest BCUT2D eigenvalue weighted by molar-refractivity contribution is -0.118. The van der Waals surface area contributed by atoms with E-state index < -0.39 is 5.63 Å². The molecule has 3 aromatic carbocycles. The van der Waals surface area contributed by atoms with Gasteiger partial charge in [0.05, 0.1) is 18.4 Å². The molecule has 6 nitrogen and oxygen atoms in total. The first kappa shape index (κ1) is 20.2. The lowest BCUT2D eigenvalue weighted by Crippen LogP contribution is -2.20. The molecule has 156 valence electrons. The molecule has 0 saturated carbocycles. The van der Waals surface area contributed by atoms with Crippen molar-refractivity contribution in [2.75, 3.05) is 19.0 Å². The average Bonchev–Trinajstić information content (AvgIpc) is 2.78. The SMILES string of the molecule is COc1ccc(-c2cc3ccccc3oc2=O)cc1NC(=O)COc1ccc(C)cc1. The Kier molecular flexibility index (Phi) is 5.71. The van der Waals surface area contributed by atoms with Gasteiger partial charge in [-0.15, -0.1) is 0 Å². The summed E-state index contributed by atoms with van der Waals surface area (Å²) < 4.78 is 16.3. The van der Waals surface area contributed by atoms with Gasteiger partial charge < -0.3 is 19.2 Å². The Balaban J connectivity index is 1.57. The molecule has 1 heterocycles. The van der Waals surface area contributed by atoms with Gasteiger partial charge in [0.25, 0.3) is 5.91 Å². The van der Waals surface area contributed by atoms with Gasteiger partial charge in [-0.25, -0.2) is 4.79 Å². The van der Waals surface area contributed by atoms with Crippen LogP contribution in [0.1, 0.15) is 5.56 Å². The molecule has 4 rings (SSSR count). The summed E-state index contributed by atoms with van der Waals surface area (Å²) in [6, 6.07) is 21.6. The van der Waals surface area contributed by atoms with Crippen LogP contribution in [0, 0.1) is 6.92 Å². The van der Waals surface area contributed by atoms with Crippen molar-refractivity contribution in [1.29, 1.82) is 0 Å². The second-order valence-corrected chi connectivity index (χ2v) is 7.05. The third kappa shape index (κ3) is 4.59. The van der Waals surface area contributed by atoms with E-state index in [4.69, 9.17) is 13.9 Å². The predicted octanol–water partition coefficient (Wildman–Crippen LogP) is 4.79. The van der Waals surface area contributed by atoms with Crippen molar-refractivity contribution < 1.29 is 18.7 Å². The van der Waals surface area contributed by atoms with Crippen LogP contribution in [0.25, 0.3) is 22.1 Å². The molecule has 0 aliphatic heterocycles. The van der Waals surface area contributed by atoms with Gasteiger partial charge in [0.1, 0.15) is 17.1 Å². The number of hydrogen-bond donors (Lipinski definition) is 1. The summed E-state index contributed by atoms with van der Waals surface area (Å²) in [5, 5.41) is 3.60. The number of rotatable bonds is 6. The number of benzene rings is 3. The highest BCUT2D eigenvalue weighted by Gasteiger charge is 2.13. The second-order valence-electron chi connectivity index (χ2n) is 7.05. The molecule has 31 heavy (non-hydrogen) atoms. The summed E-state index contributed by atoms with van der Waals surface area (Å²) in [6.45, 7) is 1.82. The number of anilines is 1. The van der Waals surface area contributed by atoms with Gasteiger partial charge in [0.2, 0.25) is 0 Å². The van der Waals surface area contributed by atoms with Crippen LogP contribution >= 0.6 is 0 Å². The molecule has 0 atom stereocenters. The first-order chi connectivity index (χ1) is 15.0. The first-order valence-corrected chi connectivity index (χ1v) is 9.74. The van der Waals surface area contributed by atoms with Crippen LogP contribution in [-0.4, -0.2) is 19.6 Å². The van der Waals surface area contributed by atoms with E-state index in [1.165, 1.54) is 7.11 Å². The van der Waals surface area contributed by atoms with E-state index in [-0.39, 0.29) is 12.5 Å². The number of carbonyl (C=O) groups is 1. The summed E-state index contributed by atoms with van der Waals surface area (Å²) >= 11 is 0. The lowest BCUT2D eigenvalue weighted by atomic mass is 10.0. The Morgan fingerprint density at radius 3 is 2.55 bits per heavy atom. The number of fused-ring (bicyclic) bond motifs is 1. The van der Waals surface area contributed by atoms with Crippen LogP contribution < -0.4 is 20.4 Å². The fourth-order valence-electron chi connectivity index (χ4n) is 3.21. The predicted molar refractivity (Wildman–Crippen MR) is 120 cm³/mol. The van der Waals surface area contributed by atoms with Gasteiger partial charge >= 0.3 is 5.63 Å². The van der Waals surface area contributed by atoms with E-state index in [0.717, 1.165) is 10.9 Å². The van der Waals surface area contributed by atoms with E-state index in [2.05, 4.69) is 5.32 Å². The average molecular weight is 415 g/mol. The summed E-state index contributed by atoms with van der Waals surface area (Å²) in [5.41, 5.74) is 2.61. The Morgan fingerprint density at radius 1 is 1.00 bits per heavy atom. The number of nitrogens with one attached hydrogen (secondary N) is 1. The monoisotopic (exact) mass is 415 g/mol. The van der Waals surface area contributed by atoms with Crippen molar-refractivity contribution in [3.8, 4) is 22.6 Å². The quantitative estimate of drug-likeness (QED) is 0.458. The maximum absolute atomic E-state index is 12.5. The number of para-hydroxylation sites is 1. The van der Waals surface area contributed by atoms with Crippen LogP contribution in [0.3, 0.4) is 0 Å². The highest BCUT2D eigenvalue weighted by Crippen LogP contribution is 2.30. The molecule has 0 fully saturated rings. The smallest absolute Gasteiger partial charge is 0.344 e. The maximum Gasteiger partial charge on any atom is 0.344 e. The van der Waals surface area contributed by atoms with E-state index in [0.29, 0.717) is 33.9 Å². The normalized spacial score (nSPS) is 10.6. The molecule has 0 bridgehead atoms. The molecule has 1 aromatic heterocycles. The number of carbonyl (C=O) groups excluding carboxylic acids is 1. The molecule has 0 unspecified atom stereocenters. The van der Waals surface area contributed by atoms with Gasteiger partial charge in [-0.3, -0.25) is 4.79 Å². The molecule has 0 radical (unpaired) electrons. The molecule has 6 heteroatoms. The van der Waals surface area contributed by atoms with Gasteiger partial charge in [0, 0.05) is 5.39 Å². The fourth-order valence-corrected chi connectivity index (χ4v) is 3.21.